The predicted molar refractivity (Wildman–Crippen MR) is 103 cm³/mol. The second-order valence-electron chi connectivity index (χ2n) is 5.84. The molecule has 3 aromatic rings. The van der Waals surface area contributed by atoms with Gasteiger partial charge < -0.3 is 5.32 Å². The van der Waals surface area contributed by atoms with Crippen LogP contribution in [0.1, 0.15) is 23.1 Å². The summed E-state index contributed by atoms with van der Waals surface area (Å²) in [5, 5.41) is 3.26. The minimum atomic E-state index is -0.757. The highest BCUT2D eigenvalue weighted by Gasteiger charge is 2.37. The van der Waals surface area contributed by atoms with Crippen molar-refractivity contribution in [1.29, 1.82) is 0 Å². The molecule has 0 unspecified atom stereocenters. The van der Waals surface area contributed by atoms with Gasteiger partial charge in [0.15, 0.2) is 0 Å². The Balaban J connectivity index is 2.26. The zero-order chi connectivity index (χ0) is 17.5. The topological polar surface area (TPSA) is 29.1 Å². The van der Waals surface area contributed by atoms with Crippen LogP contribution >= 0.6 is 11.6 Å². The molecule has 0 radical (unpaired) electrons. The van der Waals surface area contributed by atoms with Crippen LogP contribution in [0.3, 0.4) is 0 Å². The number of hydrogen-bond donors (Lipinski definition) is 1. The quantitative estimate of drug-likeness (QED) is 0.506. The zero-order valence-electron chi connectivity index (χ0n) is 13.9. The molecule has 25 heavy (non-hydrogen) atoms. The Morgan fingerprint density at radius 3 is 1.40 bits per heavy atom. The van der Waals surface area contributed by atoms with Crippen LogP contribution in [0.25, 0.3) is 0 Å². The number of carbonyl (C=O) groups is 1. The first-order chi connectivity index (χ1) is 12.3. The molecule has 0 aliphatic carbocycles. The first-order valence-corrected chi connectivity index (χ1v) is 8.84. The Labute approximate surface area is 153 Å². The third-order valence-corrected chi connectivity index (χ3v) is 4.46. The van der Waals surface area contributed by atoms with Crippen LogP contribution in [0.2, 0.25) is 0 Å². The molecule has 0 aromatic heterocycles. The number of alkyl halides is 1. The van der Waals surface area contributed by atoms with Gasteiger partial charge in [-0.05, 0) is 16.7 Å². The summed E-state index contributed by atoms with van der Waals surface area (Å²) in [6.07, 6.45) is 0.274. The molecular formula is C22H20ClNO. The van der Waals surface area contributed by atoms with Gasteiger partial charge in [0, 0.05) is 12.3 Å². The molecule has 0 aliphatic rings. The minimum Gasteiger partial charge on any atom is -0.338 e. The maximum absolute atomic E-state index is 12.6. The highest BCUT2D eigenvalue weighted by Crippen LogP contribution is 2.36. The van der Waals surface area contributed by atoms with E-state index in [9.17, 15) is 4.79 Å². The lowest BCUT2D eigenvalue weighted by Crippen LogP contribution is -2.47. The third kappa shape index (κ3) is 3.59. The number of nitrogens with one attached hydrogen (secondary N) is 1. The standard InChI is InChI=1S/C22H20ClNO/c23-17-16-21(25)24-22(18-10-4-1-5-11-18,19-12-6-2-7-13-19)20-14-8-3-9-15-20/h1-15H,16-17H2,(H,24,25). The molecule has 1 amide bonds. The average Bonchev–Trinajstić information content (AvgIpc) is 2.68. The van der Waals surface area contributed by atoms with Crippen LogP contribution in [0.15, 0.2) is 91.0 Å². The van der Waals surface area contributed by atoms with Gasteiger partial charge in [-0.3, -0.25) is 4.79 Å². The Morgan fingerprint density at radius 1 is 0.720 bits per heavy atom. The molecule has 0 fully saturated rings. The largest absolute Gasteiger partial charge is 0.338 e. The van der Waals surface area contributed by atoms with Gasteiger partial charge in [0.05, 0.1) is 0 Å². The van der Waals surface area contributed by atoms with Crippen LogP contribution in [-0.4, -0.2) is 11.8 Å². The fourth-order valence-electron chi connectivity index (χ4n) is 3.14. The van der Waals surface area contributed by atoms with Crippen LogP contribution in [0.5, 0.6) is 0 Å². The van der Waals surface area contributed by atoms with E-state index in [2.05, 4.69) is 5.32 Å². The zero-order valence-corrected chi connectivity index (χ0v) is 14.6. The summed E-state index contributed by atoms with van der Waals surface area (Å²) >= 11 is 5.80. The molecule has 0 heterocycles. The summed E-state index contributed by atoms with van der Waals surface area (Å²) in [6.45, 7) is 0. The lowest BCUT2D eigenvalue weighted by Gasteiger charge is -2.37. The minimum absolute atomic E-state index is 0.0773. The summed E-state index contributed by atoms with van der Waals surface area (Å²) in [5.41, 5.74) is 2.27. The number of hydrogen-bond acceptors (Lipinski definition) is 1. The lowest BCUT2D eigenvalue weighted by molar-refractivity contribution is -0.121. The summed E-state index contributed by atoms with van der Waals surface area (Å²) in [6, 6.07) is 30.1. The Kier molecular flexibility index (Phi) is 5.52. The van der Waals surface area contributed by atoms with Crippen molar-refractivity contribution in [3.05, 3.63) is 108 Å². The summed E-state index contributed by atoms with van der Waals surface area (Å²) in [5.74, 6) is 0.215. The fourth-order valence-corrected chi connectivity index (χ4v) is 3.31. The van der Waals surface area contributed by atoms with Crippen molar-refractivity contribution in [2.24, 2.45) is 0 Å². The molecule has 0 bridgehead atoms. The molecule has 2 nitrogen and oxygen atoms in total. The van der Waals surface area contributed by atoms with Gasteiger partial charge in [0.2, 0.25) is 5.91 Å². The van der Waals surface area contributed by atoms with Gasteiger partial charge in [-0.15, -0.1) is 11.6 Å². The second kappa shape index (κ2) is 8.00. The van der Waals surface area contributed by atoms with Crippen LogP contribution in [0.4, 0.5) is 0 Å². The highest BCUT2D eigenvalue weighted by atomic mass is 35.5. The maximum atomic E-state index is 12.6. The first kappa shape index (κ1) is 17.2. The van der Waals surface area contributed by atoms with Crippen LogP contribution in [-0.2, 0) is 10.3 Å². The molecule has 3 heteroatoms. The van der Waals surface area contributed by atoms with Gasteiger partial charge in [0.1, 0.15) is 5.54 Å². The molecule has 0 aliphatic heterocycles. The summed E-state index contributed by atoms with van der Waals surface area (Å²) in [7, 11) is 0. The molecule has 126 valence electrons. The average molecular weight is 350 g/mol. The summed E-state index contributed by atoms with van der Waals surface area (Å²) < 4.78 is 0. The van der Waals surface area contributed by atoms with Gasteiger partial charge in [-0.25, -0.2) is 0 Å². The van der Waals surface area contributed by atoms with Crippen molar-refractivity contribution in [2.45, 2.75) is 12.0 Å². The number of amides is 1. The van der Waals surface area contributed by atoms with E-state index in [1.54, 1.807) is 0 Å². The van der Waals surface area contributed by atoms with E-state index in [1.807, 2.05) is 91.0 Å². The Bertz CT molecular complexity index is 707. The van der Waals surface area contributed by atoms with E-state index in [-0.39, 0.29) is 12.3 Å². The first-order valence-electron chi connectivity index (χ1n) is 8.31. The SMILES string of the molecule is O=C(CCCl)NC(c1ccccc1)(c1ccccc1)c1ccccc1. The van der Waals surface area contributed by atoms with Crippen molar-refractivity contribution in [2.75, 3.05) is 5.88 Å². The lowest BCUT2D eigenvalue weighted by atomic mass is 9.77. The number of rotatable bonds is 6. The third-order valence-electron chi connectivity index (χ3n) is 4.27. The van der Waals surface area contributed by atoms with E-state index in [1.165, 1.54) is 0 Å². The van der Waals surface area contributed by atoms with E-state index >= 15 is 0 Å². The molecule has 1 N–H and O–H groups in total. The molecular weight excluding hydrogens is 330 g/mol. The van der Waals surface area contributed by atoms with E-state index in [0.29, 0.717) is 5.88 Å². The van der Waals surface area contributed by atoms with Crippen molar-refractivity contribution < 1.29 is 4.79 Å². The molecule has 0 saturated carbocycles. The maximum Gasteiger partial charge on any atom is 0.222 e. The van der Waals surface area contributed by atoms with E-state index in [4.69, 9.17) is 11.6 Å². The second-order valence-corrected chi connectivity index (χ2v) is 6.21. The highest BCUT2D eigenvalue weighted by molar-refractivity contribution is 6.18. The molecule has 3 rings (SSSR count). The number of carbonyl (C=O) groups excluding carboxylic acids is 1. The normalized spacial score (nSPS) is 11.1. The van der Waals surface area contributed by atoms with Crippen molar-refractivity contribution in [3.8, 4) is 0 Å². The monoisotopic (exact) mass is 349 g/mol. The smallest absolute Gasteiger partial charge is 0.222 e. The van der Waals surface area contributed by atoms with E-state index in [0.717, 1.165) is 16.7 Å². The van der Waals surface area contributed by atoms with Crippen LogP contribution < -0.4 is 5.32 Å². The van der Waals surface area contributed by atoms with Gasteiger partial charge >= 0.3 is 0 Å². The number of halogens is 1. The Morgan fingerprint density at radius 2 is 1.08 bits per heavy atom. The Hall–Kier alpha value is -2.58. The van der Waals surface area contributed by atoms with Crippen LogP contribution in [0, 0.1) is 0 Å². The van der Waals surface area contributed by atoms with Gasteiger partial charge in [-0.2, -0.15) is 0 Å². The van der Waals surface area contributed by atoms with Crippen molar-refractivity contribution >= 4 is 17.5 Å². The van der Waals surface area contributed by atoms with E-state index < -0.39 is 5.54 Å². The summed E-state index contributed by atoms with van der Waals surface area (Å²) in [4.78, 5) is 12.6. The molecule has 0 spiro atoms. The molecule has 3 aromatic carbocycles. The molecule has 0 atom stereocenters. The van der Waals surface area contributed by atoms with Gasteiger partial charge in [0.25, 0.3) is 0 Å². The molecule has 0 saturated heterocycles. The van der Waals surface area contributed by atoms with Gasteiger partial charge in [-0.1, -0.05) is 91.0 Å². The van der Waals surface area contributed by atoms with Crippen molar-refractivity contribution in [3.63, 3.8) is 0 Å². The fraction of sp³-hybridized carbons (Fsp3) is 0.136. The number of benzene rings is 3. The predicted octanol–water partition coefficient (Wildman–Crippen LogP) is 4.72. The van der Waals surface area contributed by atoms with Crippen molar-refractivity contribution in [1.82, 2.24) is 5.32 Å².